The molecule has 0 aliphatic carbocycles. The minimum absolute atomic E-state index is 0.0826. The van der Waals surface area contributed by atoms with E-state index in [2.05, 4.69) is 10.6 Å². The number of ether oxygens (including phenoxy) is 2. The number of fused-ring (bicyclic) bond motifs is 1. The number of likely N-dealkylation sites (N-methyl/N-ethyl adjacent to an activating group) is 1. The summed E-state index contributed by atoms with van der Waals surface area (Å²) in [5.74, 6) is 0.323. The number of carbonyl (C=O) groups excluding carboxylic acids is 2. The Morgan fingerprint density at radius 2 is 1.84 bits per heavy atom. The first-order valence-electron chi connectivity index (χ1n) is 11.8. The molecule has 3 atom stereocenters. The summed E-state index contributed by atoms with van der Waals surface area (Å²) in [5, 5.41) is 15.2. The number of methoxy groups -OCH3 is 1. The second-order valence-electron chi connectivity index (χ2n) is 9.18. The summed E-state index contributed by atoms with van der Waals surface area (Å²) >= 11 is 0. The molecule has 3 amide bonds. The second kappa shape index (κ2) is 11.8. The Labute approximate surface area is 217 Å². The zero-order valence-electron chi connectivity index (χ0n) is 21.6. The number of nitrogens with one attached hydrogen (secondary N) is 2. The summed E-state index contributed by atoms with van der Waals surface area (Å²) in [6.45, 7) is 3.69. The van der Waals surface area contributed by atoms with Crippen LogP contribution in [0.25, 0.3) is 0 Å². The van der Waals surface area contributed by atoms with Crippen molar-refractivity contribution < 1.29 is 32.6 Å². The Hall–Kier alpha value is -3.35. The zero-order valence-corrected chi connectivity index (χ0v) is 22.4. The molecule has 0 fully saturated rings. The van der Waals surface area contributed by atoms with E-state index in [9.17, 15) is 23.1 Å². The molecule has 0 bridgehead atoms. The van der Waals surface area contributed by atoms with Gasteiger partial charge < -0.3 is 30.1 Å². The number of hydrogen-bond donors (Lipinski definition) is 3. The fourth-order valence-electron chi connectivity index (χ4n) is 3.87. The minimum Gasteiger partial charge on any atom is -0.497 e. The highest BCUT2D eigenvalue weighted by atomic mass is 32.2. The van der Waals surface area contributed by atoms with Gasteiger partial charge in [-0.25, -0.2) is 17.5 Å². The van der Waals surface area contributed by atoms with E-state index in [1.165, 1.54) is 17.4 Å². The van der Waals surface area contributed by atoms with Crippen LogP contribution in [0.15, 0.2) is 42.5 Å². The number of amides is 3. The van der Waals surface area contributed by atoms with Crippen LogP contribution in [0, 0.1) is 5.92 Å². The van der Waals surface area contributed by atoms with Gasteiger partial charge in [0.15, 0.2) is 0 Å². The lowest BCUT2D eigenvalue weighted by Gasteiger charge is -2.38. The van der Waals surface area contributed by atoms with Crippen LogP contribution in [-0.4, -0.2) is 86.9 Å². The van der Waals surface area contributed by atoms with Gasteiger partial charge in [0.05, 0.1) is 38.1 Å². The molecule has 202 valence electrons. The zero-order chi connectivity index (χ0) is 27.3. The third-order valence-electron chi connectivity index (χ3n) is 6.27. The van der Waals surface area contributed by atoms with Crippen LogP contribution in [0.5, 0.6) is 11.5 Å². The molecule has 0 radical (unpaired) electrons. The molecule has 12 heteroatoms. The Balaban J connectivity index is 1.88. The number of aliphatic hydroxyl groups excluding tert-OH is 1. The first-order chi connectivity index (χ1) is 17.4. The molecule has 2 aromatic rings. The van der Waals surface area contributed by atoms with E-state index < -0.39 is 28.2 Å². The summed E-state index contributed by atoms with van der Waals surface area (Å²) in [4.78, 5) is 27.6. The highest BCUT2D eigenvalue weighted by molar-refractivity contribution is 7.88. The summed E-state index contributed by atoms with van der Waals surface area (Å²) in [7, 11) is -0.426. The number of sulfonamides is 1. The number of urea groups is 1. The van der Waals surface area contributed by atoms with E-state index >= 15 is 0 Å². The van der Waals surface area contributed by atoms with Gasteiger partial charge in [0.25, 0.3) is 5.91 Å². The number of carbonyl (C=O) groups is 2. The number of nitrogens with zero attached hydrogens (tertiary/aromatic N) is 2. The Morgan fingerprint density at radius 1 is 1.22 bits per heavy atom. The molecule has 0 unspecified atom stereocenters. The quantitative estimate of drug-likeness (QED) is 0.473. The van der Waals surface area contributed by atoms with E-state index in [0.29, 0.717) is 17.1 Å². The lowest BCUT2D eigenvalue weighted by molar-refractivity contribution is 0.0387. The summed E-state index contributed by atoms with van der Waals surface area (Å²) in [6, 6.07) is 10.5. The lowest BCUT2D eigenvalue weighted by atomic mass is 9.99. The van der Waals surface area contributed by atoms with Gasteiger partial charge in [-0.3, -0.25) is 4.79 Å². The van der Waals surface area contributed by atoms with Gasteiger partial charge in [0.2, 0.25) is 10.0 Å². The van der Waals surface area contributed by atoms with Gasteiger partial charge in [-0.1, -0.05) is 6.92 Å². The van der Waals surface area contributed by atoms with Crippen LogP contribution in [0.3, 0.4) is 0 Å². The SMILES string of the molecule is COc1ccc(NC(=O)Nc2ccc3c(c2)C(=O)N([C@@H](C)CO)C[C@H](C)[C@H](CN(C)S(C)(=O)=O)O3)cc1. The van der Waals surface area contributed by atoms with Crippen molar-refractivity contribution in [1.29, 1.82) is 0 Å². The highest BCUT2D eigenvalue weighted by Crippen LogP contribution is 2.31. The van der Waals surface area contributed by atoms with Crippen molar-refractivity contribution in [3.8, 4) is 11.5 Å². The van der Waals surface area contributed by atoms with Crippen molar-refractivity contribution >= 4 is 33.3 Å². The molecule has 11 nitrogen and oxygen atoms in total. The molecule has 0 saturated heterocycles. The number of anilines is 2. The smallest absolute Gasteiger partial charge is 0.323 e. The topological polar surface area (TPSA) is 138 Å². The third kappa shape index (κ3) is 7.12. The molecule has 1 heterocycles. The first-order valence-corrected chi connectivity index (χ1v) is 13.6. The number of benzene rings is 2. The van der Waals surface area contributed by atoms with Crippen molar-refractivity contribution in [2.45, 2.75) is 26.0 Å². The summed E-state index contributed by atoms with van der Waals surface area (Å²) < 4.78 is 36.5. The number of rotatable bonds is 8. The predicted molar refractivity (Wildman–Crippen MR) is 141 cm³/mol. The molecule has 0 saturated carbocycles. The first kappa shape index (κ1) is 28.2. The van der Waals surface area contributed by atoms with Crippen molar-refractivity contribution in [3.63, 3.8) is 0 Å². The predicted octanol–water partition coefficient (Wildman–Crippen LogP) is 2.45. The van der Waals surface area contributed by atoms with E-state index in [1.807, 2.05) is 6.92 Å². The van der Waals surface area contributed by atoms with Crippen LogP contribution in [0.1, 0.15) is 24.2 Å². The summed E-state index contributed by atoms with van der Waals surface area (Å²) in [5.41, 5.74) is 1.11. The van der Waals surface area contributed by atoms with Crippen LogP contribution in [-0.2, 0) is 10.0 Å². The maximum absolute atomic E-state index is 13.5. The van der Waals surface area contributed by atoms with Gasteiger partial charge in [-0.2, -0.15) is 0 Å². The lowest BCUT2D eigenvalue weighted by Crippen LogP contribution is -2.50. The van der Waals surface area contributed by atoms with Crippen LogP contribution < -0.4 is 20.1 Å². The molecule has 3 rings (SSSR count). The fraction of sp³-hybridized carbons (Fsp3) is 0.440. The molecule has 1 aliphatic heterocycles. The molecular formula is C25H34N4O7S. The van der Waals surface area contributed by atoms with Gasteiger partial charge in [-0.15, -0.1) is 0 Å². The average Bonchev–Trinajstić information content (AvgIpc) is 2.85. The van der Waals surface area contributed by atoms with Gasteiger partial charge in [0.1, 0.15) is 17.6 Å². The monoisotopic (exact) mass is 534 g/mol. The molecule has 0 spiro atoms. The standard InChI is InChI=1S/C25H34N4O7S/c1-16-13-29(17(2)15-30)24(31)21-12-19(27-25(32)26-18-6-9-20(35-4)10-7-18)8-11-22(21)36-23(16)14-28(3)37(5,33)34/h6-12,16-17,23,30H,13-15H2,1-5H3,(H2,26,27,32)/t16-,17-,23-/m0/s1. The fourth-order valence-corrected chi connectivity index (χ4v) is 4.29. The van der Waals surface area contributed by atoms with Crippen LogP contribution in [0.4, 0.5) is 16.2 Å². The normalized spacial score (nSPS) is 18.8. The maximum atomic E-state index is 13.5. The van der Waals surface area contributed by atoms with E-state index in [1.54, 1.807) is 55.3 Å². The summed E-state index contributed by atoms with van der Waals surface area (Å²) in [6.07, 6.45) is 0.560. The Morgan fingerprint density at radius 3 is 2.43 bits per heavy atom. The van der Waals surface area contributed by atoms with Crippen molar-refractivity contribution in [2.24, 2.45) is 5.92 Å². The van der Waals surface area contributed by atoms with Crippen molar-refractivity contribution in [2.75, 3.05) is 50.7 Å². The van der Waals surface area contributed by atoms with E-state index in [4.69, 9.17) is 9.47 Å². The van der Waals surface area contributed by atoms with Crippen molar-refractivity contribution in [1.82, 2.24) is 9.21 Å². The van der Waals surface area contributed by atoms with Gasteiger partial charge in [-0.05, 0) is 49.4 Å². The van der Waals surface area contributed by atoms with Gasteiger partial charge >= 0.3 is 6.03 Å². The molecular weight excluding hydrogens is 500 g/mol. The number of hydrogen-bond acceptors (Lipinski definition) is 7. The van der Waals surface area contributed by atoms with Crippen LogP contribution >= 0.6 is 0 Å². The highest BCUT2D eigenvalue weighted by Gasteiger charge is 2.34. The molecule has 37 heavy (non-hydrogen) atoms. The van der Waals surface area contributed by atoms with Gasteiger partial charge in [0, 0.05) is 30.9 Å². The van der Waals surface area contributed by atoms with E-state index in [0.717, 1.165) is 6.26 Å². The number of aliphatic hydroxyl groups is 1. The molecule has 3 N–H and O–H groups in total. The molecule has 2 aromatic carbocycles. The van der Waals surface area contributed by atoms with Crippen LogP contribution in [0.2, 0.25) is 0 Å². The molecule has 0 aromatic heterocycles. The van der Waals surface area contributed by atoms with E-state index in [-0.39, 0.29) is 42.8 Å². The average molecular weight is 535 g/mol. The Kier molecular flexibility index (Phi) is 9.00. The second-order valence-corrected chi connectivity index (χ2v) is 11.3. The van der Waals surface area contributed by atoms with Crippen molar-refractivity contribution in [3.05, 3.63) is 48.0 Å². The maximum Gasteiger partial charge on any atom is 0.323 e. The largest absolute Gasteiger partial charge is 0.497 e. The minimum atomic E-state index is -3.45. The Bertz CT molecular complexity index is 1220. The molecule has 1 aliphatic rings. The third-order valence-corrected chi connectivity index (χ3v) is 7.56.